The number of benzene rings is 3. The van der Waals surface area contributed by atoms with E-state index in [1.54, 1.807) is 18.2 Å². The number of aromatic hydroxyl groups is 1. The first-order chi connectivity index (χ1) is 16.8. The van der Waals surface area contributed by atoms with Crippen molar-refractivity contribution in [2.45, 2.75) is 6.04 Å². The molecule has 2 aliphatic rings. The summed E-state index contributed by atoms with van der Waals surface area (Å²) >= 11 is 0. The van der Waals surface area contributed by atoms with E-state index in [-0.39, 0.29) is 16.9 Å². The normalized spacial score (nSPS) is 19.0. The van der Waals surface area contributed by atoms with Crippen LogP contribution in [0, 0.1) is 11.6 Å². The highest BCUT2D eigenvalue weighted by Gasteiger charge is 2.48. The van der Waals surface area contributed by atoms with Crippen molar-refractivity contribution in [3.8, 4) is 11.5 Å². The fourth-order valence-corrected chi connectivity index (χ4v) is 4.38. The molecule has 0 spiro atoms. The number of carbonyl (C=O) groups is 2. The Morgan fingerprint density at radius 3 is 2.49 bits per heavy atom. The van der Waals surface area contributed by atoms with E-state index in [1.165, 1.54) is 24.3 Å². The number of phenolic OH excluding ortho intramolecular Hbond substituents is 1. The summed E-state index contributed by atoms with van der Waals surface area (Å²) < 4.78 is 34.4. The van der Waals surface area contributed by atoms with Crippen LogP contribution in [-0.4, -0.2) is 42.1 Å². The number of aliphatic hydroxyl groups is 1. The molecular formula is C26H20F2N2O5. The molecule has 0 bridgehead atoms. The number of halogens is 2. The molecule has 0 radical (unpaired) electrons. The first-order valence-corrected chi connectivity index (χ1v) is 10.8. The molecule has 1 fully saturated rings. The lowest BCUT2D eigenvalue weighted by molar-refractivity contribution is -0.132. The molecule has 2 aliphatic heterocycles. The number of hydrogen-bond acceptors (Lipinski definition) is 6. The molecule has 0 saturated carbocycles. The number of amides is 1. The van der Waals surface area contributed by atoms with Crippen molar-refractivity contribution < 1.29 is 33.3 Å². The van der Waals surface area contributed by atoms with E-state index in [1.807, 2.05) is 11.9 Å². The van der Waals surface area contributed by atoms with E-state index in [9.17, 15) is 28.6 Å². The Balaban J connectivity index is 1.72. The quantitative estimate of drug-likeness (QED) is 0.334. The standard InChI is InChI=1S/C26H20F2N2O5/c1-29-10-11-35-21-9-4-15(12-20(21)29)24(32)22-23(14-2-6-17(31)7-3-14)30(26(34)25(22)33)19-13-16(27)5-8-18(19)28/h2-9,12-13,23,31-32H,10-11H2,1H3/b24-22-. The van der Waals surface area contributed by atoms with Gasteiger partial charge in [-0.25, -0.2) is 8.78 Å². The second-order valence-corrected chi connectivity index (χ2v) is 8.31. The molecule has 2 N–H and O–H groups in total. The van der Waals surface area contributed by atoms with Crippen LogP contribution < -0.4 is 14.5 Å². The average molecular weight is 478 g/mol. The van der Waals surface area contributed by atoms with E-state index < -0.39 is 40.8 Å². The number of ketones is 1. The number of nitrogens with zero attached hydrogens (tertiary/aromatic N) is 2. The molecule has 0 aliphatic carbocycles. The van der Waals surface area contributed by atoms with Crippen molar-refractivity contribution in [3.05, 3.63) is 89.0 Å². The second-order valence-electron chi connectivity index (χ2n) is 8.31. The smallest absolute Gasteiger partial charge is 0.300 e. The molecule has 1 atom stereocenters. The van der Waals surface area contributed by atoms with Crippen molar-refractivity contribution in [2.24, 2.45) is 0 Å². The van der Waals surface area contributed by atoms with E-state index >= 15 is 0 Å². The SMILES string of the molecule is CN1CCOc2ccc(/C(O)=C3/C(=O)C(=O)N(c4cc(F)ccc4F)C3c3ccc(O)cc3)cc21. The lowest BCUT2D eigenvalue weighted by Crippen LogP contribution is -2.30. The Kier molecular flexibility index (Phi) is 5.39. The molecule has 1 amide bonds. The third-order valence-corrected chi connectivity index (χ3v) is 6.15. The lowest BCUT2D eigenvalue weighted by atomic mass is 9.94. The third-order valence-electron chi connectivity index (χ3n) is 6.15. The molecule has 1 unspecified atom stereocenters. The molecule has 2 heterocycles. The summed E-state index contributed by atoms with van der Waals surface area (Å²) in [5, 5.41) is 21.0. The van der Waals surface area contributed by atoms with Crippen molar-refractivity contribution in [1.82, 2.24) is 0 Å². The van der Waals surface area contributed by atoms with Crippen molar-refractivity contribution in [3.63, 3.8) is 0 Å². The number of Topliss-reactive ketones (excluding diaryl/α,β-unsaturated/α-hetero) is 1. The number of phenols is 1. The van der Waals surface area contributed by atoms with Crippen molar-refractivity contribution >= 4 is 28.8 Å². The lowest BCUT2D eigenvalue weighted by Gasteiger charge is -2.28. The second kappa shape index (κ2) is 8.43. The molecule has 1 saturated heterocycles. The van der Waals surface area contributed by atoms with Gasteiger partial charge in [-0.15, -0.1) is 0 Å². The highest BCUT2D eigenvalue weighted by molar-refractivity contribution is 6.51. The first-order valence-electron chi connectivity index (χ1n) is 10.8. The minimum Gasteiger partial charge on any atom is -0.508 e. The average Bonchev–Trinajstić information content (AvgIpc) is 3.11. The van der Waals surface area contributed by atoms with Crippen LogP contribution in [0.4, 0.5) is 20.2 Å². The number of aliphatic hydroxyl groups excluding tert-OH is 1. The van der Waals surface area contributed by atoms with Crippen LogP contribution in [0.3, 0.4) is 0 Å². The van der Waals surface area contributed by atoms with Gasteiger partial charge in [-0.2, -0.15) is 0 Å². The summed E-state index contributed by atoms with van der Waals surface area (Å²) in [7, 11) is 1.85. The van der Waals surface area contributed by atoms with E-state index in [4.69, 9.17) is 4.74 Å². The van der Waals surface area contributed by atoms with Crippen LogP contribution in [0.2, 0.25) is 0 Å². The zero-order valence-electron chi connectivity index (χ0n) is 18.5. The molecule has 7 nitrogen and oxygen atoms in total. The van der Waals surface area contributed by atoms with Gasteiger partial charge >= 0.3 is 0 Å². The fraction of sp³-hybridized carbons (Fsp3) is 0.154. The maximum absolute atomic E-state index is 14.7. The van der Waals surface area contributed by atoms with Gasteiger partial charge in [0.1, 0.15) is 35.5 Å². The zero-order valence-corrected chi connectivity index (χ0v) is 18.5. The Morgan fingerprint density at radius 2 is 1.74 bits per heavy atom. The predicted molar refractivity (Wildman–Crippen MR) is 124 cm³/mol. The Bertz CT molecular complexity index is 1390. The Labute approximate surface area is 199 Å². The van der Waals surface area contributed by atoms with Crippen LogP contribution in [0.15, 0.2) is 66.2 Å². The van der Waals surface area contributed by atoms with Gasteiger partial charge < -0.3 is 19.8 Å². The molecule has 35 heavy (non-hydrogen) atoms. The summed E-state index contributed by atoms with van der Waals surface area (Å²) in [6.07, 6.45) is 0. The number of fused-ring (bicyclic) bond motifs is 1. The predicted octanol–water partition coefficient (Wildman–Crippen LogP) is 4.13. The van der Waals surface area contributed by atoms with Crippen LogP contribution in [0.5, 0.6) is 11.5 Å². The number of ether oxygens (including phenoxy) is 1. The monoisotopic (exact) mass is 478 g/mol. The van der Waals surface area contributed by atoms with E-state index in [2.05, 4.69) is 0 Å². The summed E-state index contributed by atoms with van der Waals surface area (Å²) in [6, 6.07) is 11.7. The van der Waals surface area contributed by atoms with Gasteiger partial charge in [0, 0.05) is 18.7 Å². The fourth-order valence-electron chi connectivity index (χ4n) is 4.38. The summed E-state index contributed by atoms with van der Waals surface area (Å²) in [5.74, 6) is -3.82. The van der Waals surface area contributed by atoms with E-state index in [0.29, 0.717) is 30.2 Å². The summed E-state index contributed by atoms with van der Waals surface area (Å²) in [5.41, 5.74) is 0.520. The van der Waals surface area contributed by atoms with Crippen LogP contribution in [0.25, 0.3) is 5.76 Å². The summed E-state index contributed by atoms with van der Waals surface area (Å²) in [4.78, 5) is 29.1. The van der Waals surface area contributed by atoms with Gasteiger partial charge in [0.15, 0.2) is 0 Å². The number of anilines is 2. The highest BCUT2D eigenvalue weighted by atomic mass is 19.1. The minimum atomic E-state index is -1.27. The zero-order chi connectivity index (χ0) is 24.9. The van der Waals surface area contributed by atoms with Crippen LogP contribution in [-0.2, 0) is 9.59 Å². The third kappa shape index (κ3) is 3.74. The largest absolute Gasteiger partial charge is 0.508 e. The van der Waals surface area contributed by atoms with Crippen LogP contribution >= 0.6 is 0 Å². The molecular weight excluding hydrogens is 458 g/mol. The molecule has 3 aromatic rings. The van der Waals surface area contributed by atoms with Crippen molar-refractivity contribution in [1.29, 1.82) is 0 Å². The summed E-state index contributed by atoms with van der Waals surface area (Å²) in [6.45, 7) is 1.12. The van der Waals surface area contributed by atoms with Gasteiger partial charge in [-0.3, -0.25) is 14.5 Å². The number of likely N-dealkylation sites (N-methyl/N-ethyl adjacent to an activating group) is 1. The van der Waals surface area contributed by atoms with Crippen LogP contribution in [0.1, 0.15) is 17.2 Å². The first kappa shape index (κ1) is 22.4. The molecule has 0 aromatic heterocycles. The van der Waals surface area contributed by atoms with Gasteiger partial charge in [0.05, 0.1) is 29.5 Å². The van der Waals surface area contributed by atoms with Gasteiger partial charge in [-0.1, -0.05) is 12.1 Å². The topological polar surface area (TPSA) is 90.3 Å². The Hall–Kier alpha value is -4.40. The molecule has 5 rings (SSSR count). The molecule has 178 valence electrons. The Morgan fingerprint density at radius 1 is 1.00 bits per heavy atom. The van der Waals surface area contributed by atoms with Crippen molar-refractivity contribution in [2.75, 3.05) is 30.0 Å². The van der Waals surface area contributed by atoms with Gasteiger partial charge in [-0.05, 0) is 48.0 Å². The maximum Gasteiger partial charge on any atom is 0.300 e. The van der Waals surface area contributed by atoms with Gasteiger partial charge in [0.2, 0.25) is 0 Å². The van der Waals surface area contributed by atoms with Gasteiger partial charge in [0.25, 0.3) is 11.7 Å². The maximum atomic E-state index is 14.7. The number of carbonyl (C=O) groups excluding carboxylic acids is 2. The highest BCUT2D eigenvalue weighted by Crippen LogP contribution is 2.44. The minimum absolute atomic E-state index is 0.0691. The van der Waals surface area contributed by atoms with E-state index in [0.717, 1.165) is 23.1 Å². The molecule has 9 heteroatoms. The number of hydrogen-bond donors (Lipinski definition) is 2. The molecule has 3 aromatic carbocycles. The number of rotatable bonds is 3.